The van der Waals surface area contributed by atoms with Crippen molar-refractivity contribution in [1.29, 1.82) is 0 Å². The molecule has 0 radical (unpaired) electrons. The van der Waals surface area contributed by atoms with Crippen LogP contribution in [-0.2, 0) is 9.47 Å². The summed E-state index contributed by atoms with van der Waals surface area (Å²) in [7, 11) is 6.64. The molecule has 2 aliphatic carbocycles. The Bertz CT molecular complexity index is 1730. The summed E-state index contributed by atoms with van der Waals surface area (Å²) in [5.74, 6) is 3.18. The summed E-state index contributed by atoms with van der Waals surface area (Å²) >= 11 is 0. The molecule has 2 aliphatic rings. The van der Waals surface area contributed by atoms with E-state index in [1.54, 1.807) is 28.4 Å². The van der Waals surface area contributed by atoms with Crippen molar-refractivity contribution in [3.63, 3.8) is 0 Å². The SMILES string of the molecule is COc1ccc(NC2=CCC(Nc3ccc(OC)cc3)(OCCOC3(Nc4ccc(OC)cc4)C=CC(Nc4ccc(OC)cc4)=CC3)C=C2)cc1. The van der Waals surface area contributed by atoms with Crippen LogP contribution in [0.1, 0.15) is 12.8 Å². The maximum absolute atomic E-state index is 6.65. The lowest BCUT2D eigenvalue weighted by Gasteiger charge is -2.37. The van der Waals surface area contributed by atoms with Crippen molar-refractivity contribution in [3.8, 4) is 23.0 Å². The van der Waals surface area contributed by atoms with E-state index in [1.807, 2.05) is 109 Å². The van der Waals surface area contributed by atoms with Gasteiger partial charge in [-0.2, -0.15) is 0 Å². The van der Waals surface area contributed by atoms with E-state index in [2.05, 4.69) is 45.6 Å². The molecule has 10 nitrogen and oxygen atoms in total. The molecule has 0 heterocycles. The summed E-state index contributed by atoms with van der Waals surface area (Å²) in [4.78, 5) is 0. The number of hydrogen-bond donors (Lipinski definition) is 4. The molecule has 0 saturated carbocycles. The first-order chi connectivity index (χ1) is 25.4. The lowest BCUT2D eigenvalue weighted by atomic mass is 10.0. The second kappa shape index (κ2) is 16.9. The molecular weight excluding hydrogens is 656 g/mol. The summed E-state index contributed by atoms with van der Waals surface area (Å²) in [6.07, 6.45) is 13.6. The third-order valence-electron chi connectivity index (χ3n) is 8.77. The van der Waals surface area contributed by atoms with Gasteiger partial charge in [0.2, 0.25) is 0 Å². The summed E-state index contributed by atoms with van der Waals surface area (Å²) < 4.78 is 34.6. The van der Waals surface area contributed by atoms with Crippen molar-refractivity contribution in [2.24, 2.45) is 0 Å². The molecule has 0 fully saturated rings. The van der Waals surface area contributed by atoms with E-state index in [0.717, 1.165) is 57.1 Å². The number of hydrogen-bond acceptors (Lipinski definition) is 10. The van der Waals surface area contributed by atoms with Crippen molar-refractivity contribution < 1.29 is 28.4 Å². The fourth-order valence-corrected chi connectivity index (χ4v) is 5.87. The van der Waals surface area contributed by atoms with Crippen LogP contribution in [-0.4, -0.2) is 53.1 Å². The van der Waals surface area contributed by atoms with Crippen LogP contribution in [0.3, 0.4) is 0 Å². The molecule has 4 N–H and O–H groups in total. The molecule has 4 aromatic rings. The van der Waals surface area contributed by atoms with Gasteiger partial charge >= 0.3 is 0 Å². The molecule has 0 spiro atoms. The molecule has 0 amide bonds. The second-order valence-electron chi connectivity index (χ2n) is 12.3. The molecule has 0 aliphatic heterocycles. The van der Waals surface area contributed by atoms with Crippen LogP contribution in [0.5, 0.6) is 23.0 Å². The number of nitrogens with one attached hydrogen (secondary N) is 4. The molecule has 2 atom stereocenters. The number of anilines is 4. The van der Waals surface area contributed by atoms with E-state index in [4.69, 9.17) is 28.4 Å². The first kappa shape index (κ1) is 36.0. The fourth-order valence-electron chi connectivity index (χ4n) is 5.87. The Kier molecular flexibility index (Phi) is 11.7. The van der Waals surface area contributed by atoms with Crippen molar-refractivity contribution >= 4 is 22.7 Å². The normalized spacial score (nSPS) is 19.2. The first-order valence-electron chi connectivity index (χ1n) is 17.1. The highest BCUT2D eigenvalue weighted by Crippen LogP contribution is 2.32. The number of benzene rings is 4. The topological polar surface area (TPSA) is 104 Å². The third-order valence-corrected chi connectivity index (χ3v) is 8.77. The van der Waals surface area contributed by atoms with Gasteiger partial charge in [-0.05, 0) is 121 Å². The van der Waals surface area contributed by atoms with Gasteiger partial charge < -0.3 is 49.7 Å². The number of allylic oxidation sites excluding steroid dienone is 2. The van der Waals surface area contributed by atoms with Gasteiger partial charge in [0, 0.05) is 47.0 Å². The van der Waals surface area contributed by atoms with Gasteiger partial charge in [0.25, 0.3) is 0 Å². The van der Waals surface area contributed by atoms with Crippen LogP contribution in [0.4, 0.5) is 22.7 Å². The molecule has 52 heavy (non-hydrogen) atoms. The number of ether oxygens (including phenoxy) is 6. The zero-order valence-electron chi connectivity index (χ0n) is 30.0. The number of rotatable bonds is 17. The smallest absolute Gasteiger partial charge is 0.162 e. The first-order valence-corrected chi connectivity index (χ1v) is 17.1. The van der Waals surface area contributed by atoms with Crippen molar-refractivity contribution in [1.82, 2.24) is 0 Å². The average molecular weight is 703 g/mol. The fraction of sp³-hybridized carbons (Fsp3) is 0.238. The van der Waals surface area contributed by atoms with Crippen molar-refractivity contribution in [3.05, 3.63) is 145 Å². The summed E-state index contributed by atoms with van der Waals surface area (Å²) in [5, 5.41) is 14.2. The number of methoxy groups -OCH3 is 4. The molecular formula is C42H46N4O6. The van der Waals surface area contributed by atoms with Crippen LogP contribution in [0, 0.1) is 0 Å². The molecule has 6 rings (SSSR count). The summed E-state index contributed by atoms with van der Waals surface area (Å²) in [5.41, 5.74) is 4.06. The van der Waals surface area contributed by atoms with Crippen molar-refractivity contribution in [2.45, 2.75) is 24.3 Å². The van der Waals surface area contributed by atoms with E-state index < -0.39 is 11.4 Å². The van der Waals surface area contributed by atoms with Crippen molar-refractivity contribution in [2.75, 3.05) is 62.9 Å². The Labute approximate surface area is 305 Å². The minimum atomic E-state index is -0.808. The Balaban J connectivity index is 1.14. The van der Waals surface area contributed by atoms with Gasteiger partial charge in [-0.3, -0.25) is 0 Å². The van der Waals surface area contributed by atoms with E-state index in [0.29, 0.717) is 26.1 Å². The van der Waals surface area contributed by atoms with Gasteiger partial charge in [-0.25, -0.2) is 0 Å². The Morgan fingerprint density at radius 2 is 0.750 bits per heavy atom. The minimum absolute atomic E-state index is 0.323. The maximum atomic E-state index is 6.65. The molecule has 2 unspecified atom stereocenters. The van der Waals surface area contributed by atoms with Gasteiger partial charge in [0.15, 0.2) is 11.4 Å². The standard InChI is InChI=1S/C42H46N4O6/c1-47-37-13-5-31(6-14-37)43-33-21-25-41(26-22-33,45-35-9-17-39(49-3)18-10-35)51-29-30-52-42(46-36-11-19-40(50-4)20-12-36)27-23-34(24-28-42)44-32-7-15-38(48-2)16-8-32/h5-25,27,43-46H,26,28-30H2,1-4H3. The molecule has 270 valence electrons. The van der Waals surface area contributed by atoms with Crippen LogP contribution in [0.15, 0.2) is 145 Å². The predicted octanol–water partition coefficient (Wildman–Crippen LogP) is 8.58. The maximum Gasteiger partial charge on any atom is 0.162 e. The molecule has 0 saturated heterocycles. The largest absolute Gasteiger partial charge is 0.497 e. The predicted molar refractivity (Wildman–Crippen MR) is 208 cm³/mol. The second-order valence-corrected chi connectivity index (χ2v) is 12.3. The lowest BCUT2D eigenvalue weighted by Crippen LogP contribution is -2.44. The van der Waals surface area contributed by atoms with Gasteiger partial charge in [0.1, 0.15) is 23.0 Å². The molecule has 0 aromatic heterocycles. The van der Waals surface area contributed by atoms with Crippen LogP contribution in [0.25, 0.3) is 0 Å². The highest BCUT2D eigenvalue weighted by Gasteiger charge is 2.32. The quantitative estimate of drug-likeness (QED) is 0.0632. The van der Waals surface area contributed by atoms with E-state index in [-0.39, 0.29) is 0 Å². The highest BCUT2D eigenvalue weighted by molar-refractivity contribution is 5.57. The van der Waals surface area contributed by atoms with Crippen LogP contribution < -0.4 is 40.2 Å². The Morgan fingerprint density at radius 1 is 0.442 bits per heavy atom. The van der Waals surface area contributed by atoms with E-state index in [1.165, 1.54) is 0 Å². The zero-order chi connectivity index (χ0) is 36.2. The molecule has 4 aromatic carbocycles. The van der Waals surface area contributed by atoms with Gasteiger partial charge in [0.05, 0.1) is 41.7 Å². The Morgan fingerprint density at radius 3 is 1.02 bits per heavy atom. The zero-order valence-corrected chi connectivity index (χ0v) is 30.0. The molecule has 10 heteroatoms. The third kappa shape index (κ3) is 9.48. The lowest BCUT2D eigenvalue weighted by molar-refractivity contribution is -0.0570. The van der Waals surface area contributed by atoms with E-state index >= 15 is 0 Å². The highest BCUT2D eigenvalue weighted by atomic mass is 16.6. The monoisotopic (exact) mass is 702 g/mol. The van der Waals surface area contributed by atoms with Crippen LogP contribution >= 0.6 is 0 Å². The summed E-state index contributed by atoms with van der Waals surface area (Å²) in [6, 6.07) is 31.3. The van der Waals surface area contributed by atoms with Gasteiger partial charge in [-0.1, -0.05) is 12.2 Å². The minimum Gasteiger partial charge on any atom is -0.497 e. The molecule has 0 bridgehead atoms. The Hall–Kier alpha value is -5.84. The summed E-state index contributed by atoms with van der Waals surface area (Å²) in [6.45, 7) is 0.645. The van der Waals surface area contributed by atoms with Gasteiger partial charge in [-0.15, -0.1) is 0 Å². The average Bonchev–Trinajstić information content (AvgIpc) is 3.19. The van der Waals surface area contributed by atoms with E-state index in [9.17, 15) is 0 Å². The van der Waals surface area contributed by atoms with Crippen LogP contribution in [0.2, 0.25) is 0 Å².